The number of nitro groups is 1. The first-order chi connectivity index (χ1) is 8.58. The van der Waals surface area contributed by atoms with Crippen LogP contribution in [0.4, 0.5) is 11.5 Å². The molecule has 0 spiro atoms. The number of anilines is 1. The molecule has 0 fully saturated rings. The van der Waals surface area contributed by atoms with E-state index in [2.05, 4.69) is 15.5 Å². The van der Waals surface area contributed by atoms with Crippen molar-refractivity contribution < 1.29 is 4.92 Å². The van der Waals surface area contributed by atoms with Crippen LogP contribution < -0.4 is 5.32 Å². The summed E-state index contributed by atoms with van der Waals surface area (Å²) in [5, 5.41) is 21.8. The van der Waals surface area contributed by atoms with E-state index in [4.69, 9.17) is 0 Å². The molecule has 0 aliphatic carbocycles. The van der Waals surface area contributed by atoms with Crippen LogP contribution in [0.2, 0.25) is 0 Å². The highest BCUT2D eigenvalue weighted by molar-refractivity contribution is 5.54. The number of aryl methyl sites for hydroxylation is 2. The predicted molar refractivity (Wildman–Crippen MR) is 65.3 cm³/mol. The zero-order valence-corrected chi connectivity index (χ0v) is 10.2. The molecular weight excluding hydrogens is 236 g/mol. The molecule has 0 radical (unpaired) electrons. The number of aromatic nitrogens is 4. The zero-order chi connectivity index (χ0) is 13.1. The topological polar surface area (TPSA) is 90.8 Å². The minimum absolute atomic E-state index is 0.0116. The molecule has 0 unspecified atom stereocenters. The number of rotatable bonds is 5. The van der Waals surface area contributed by atoms with Crippen molar-refractivity contribution in [2.75, 3.05) is 11.9 Å². The van der Waals surface area contributed by atoms with Crippen molar-refractivity contribution in [1.82, 2.24) is 19.6 Å². The molecule has 2 aromatic rings. The largest absolute Gasteiger partial charge is 0.362 e. The van der Waals surface area contributed by atoms with Gasteiger partial charge in [0.2, 0.25) is 5.82 Å². The monoisotopic (exact) mass is 250 g/mol. The molecule has 0 aliphatic heterocycles. The van der Waals surface area contributed by atoms with Gasteiger partial charge in [-0.15, -0.1) is 5.10 Å². The Morgan fingerprint density at radius 2 is 2.28 bits per heavy atom. The van der Waals surface area contributed by atoms with E-state index in [9.17, 15) is 10.1 Å². The summed E-state index contributed by atoms with van der Waals surface area (Å²) >= 11 is 0. The van der Waals surface area contributed by atoms with Gasteiger partial charge in [-0.2, -0.15) is 5.10 Å². The van der Waals surface area contributed by atoms with Crippen molar-refractivity contribution in [3.05, 3.63) is 34.3 Å². The molecule has 0 saturated carbocycles. The maximum absolute atomic E-state index is 10.8. The van der Waals surface area contributed by atoms with E-state index in [1.54, 1.807) is 17.9 Å². The van der Waals surface area contributed by atoms with Gasteiger partial charge in [0, 0.05) is 39.0 Å². The third kappa shape index (κ3) is 2.47. The number of hydrogen-bond acceptors (Lipinski definition) is 5. The Hall–Kier alpha value is -2.38. The third-order valence-electron chi connectivity index (χ3n) is 2.60. The fourth-order valence-corrected chi connectivity index (χ4v) is 1.69. The summed E-state index contributed by atoms with van der Waals surface area (Å²) in [5.41, 5.74) is 1.04. The highest BCUT2D eigenvalue weighted by Gasteiger charge is 2.17. The average molecular weight is 250 g/mol. The van der Waals surface area contributed by atoms with Crippen LogP contribution in [0.15, 0.2) is 18.5 Å². The SMILES string of the molecule is Cn1cc([N+](=O)[O-])c(NCCc2ccnn2C)n1. The minimum Gasteiger partial charge on any atom is -0.362 e. The van der Waals surface area contributed by atoms with Gasteiger partial charge in [0.05, 0.1) is 4.92 Å². The molecule has 96 valence electrons. The lowest BCUT2D eigenvalue weighted by Gasteiger charge is -2.03. The quantitative estimate of drug-likeness (QED) is 0.623. The van der Waals surface area contributed by atoms with Crippen molar-refractivity contribution in [2.24, 2.45) is 14.1 Å². The lowest BCUT2D eigenvalue weighted by molar-refractivity contribution is -0.384. The second-order valence-electron chi connectivity index (χ2n) is 3.92. The summed E-state index contributed by atoms with van der Waals surface area (Å²) in [7, 11) is 3.51. The fourth-order valence-electron chi connectivity index (χ4n) is 1.69. The Morgan fingerprint density at radius 3 is 2.89 bits per heavy atom. The van der Waals surface area contributed by atoms with Gasteiger partial charge in [0.25, 0.3) is 0 Å². The molecular formula is C10H14N6O2. The van der Waals surface area contributed by atoms with Crippen LogP contribution in [-0.2, 0) is 20.5 Å². The van der Waals surface area contributed by atoms with Gasteiger partial charge in [-0.3, -0.25) is 19.5 Å². The fraction of sp³-hybridized carbons (Fsp3) is 0.400. The zero-order valence-electron chi connectivity index (χ0n) is 10.2. The van der Waals surface area contributed by atoms with Crippen LogP contribution >= 0.6 is 0 Å². The van der Waals surface area contributed by atoms with E-state index >= 15 is 0 Å². The molecule has 0 aliphatic rings. The summed E-state index contributed by atoms with van der Waals surface area (Å²) in [6.07, 6.45) is 3.83. The van der Waals surface area contributed by atoms with Crippen molar-refractivity contribution in [3.63, 3.8) is 0 Å². The number of hydrogen-bond donors (Lipinski definition) is 1. The molecule has 0 aromatic carbocycles. The second-order valence-corrected chi connectivity index (χ2v) is 3.92. The predicted octanol–water partition coefficient (Wildman–Crippen LogP) is 0.716. The molecule has 2 heterocycles. The Kier molecular flexibility index (Phi) is 3.26. The average Bonchev–Trinajstić information content (AvgIpc) is 2.86. The highest BCUT2D eigenvalue weighted by Crippen LogP contribution is 2.21. The lowest BCUT2D eigenvalue weighted by Crippen LogP contribution is -2.09. The van der Waals surface area contributed by atoms with Crippen LogP contribution in [0.5, 0.6) is 0 Å². The van der Waals surface area contributed by atoms with Gasteiger partial charge in [0.1, 0.15) is 6.20 Å². The summed E-state index contributed by atoms with van der Waals surface area (Å²) in [4.78, 5) is 10.3. The Labute approximate surface area is 103 Å². The van der Waals surface area contributed by atoms with Crippen LogP contribution in [0, 0.1) is 10.1 Å². The van der Waals surface area contributed by atoms with Crippen molar-refractivity contribution >= 4 is 11.5 Å². The smallest absolute Gasteiger partial charge is 0.330 e. The highest BCUT2D eigenvalue weighted by atomic mass is 16.6. The first-order valence-corrected chi connectivity index (χ1v) is 5.46. The van der Waals surface area contributed by atoms with E-state index in [0.29, 0.717) is 12.4 Å². The first kappa shape index (κ1) is 12.1. The Balaban J connectivity index is 1.98. The van der Waals surface area contributed by atoms with E-state index < -0.39 is 4.92 Å². The van der Waals surface area contributed by atoms with Gasteiger partial charge in [-0.1, -0.05) is 0 Å². The van der Waals surface area contributed by atoms with Crippen molar-refractivity contribution in [3.8, 4) is 0 Å². The van der Waals surface area contributed by atoms with E-state index in [-0.39, 0.29) is 5.69 Å². The van der Waals surface area contributed by atoms with E-state index in [1.807, 2.05) is 13.1 Å². The summed E-state index contributed by atoms with van der Waals surface area (Å²) < 4.78 is 3.19. The molecule has 18 heavy (non-hydrogen) atoms. The van der Waals surface area contributed by atoms with E-state index in [0.717, 1.165) is 12.1 Å². The van der Waals surface area contributed by atoms with E-state index in [1.165, 1.54) is 10.9 Å². The molecule has 8 nitrogen and oxygen atoms in total. The van der Waals surface area contributed by atoms with Crippen LogP contribution in [0.1, 0.15) is 5.69 Å². The molecule has 2 aromatic heterocycles. The molecule has 1 N–H and O–H groups in total. The van der Waals surface area contributed by atoms with Gasteiger partial charge in [-0.25, -0.2) is 0 Å². The molecule has 0 bridgehead atoms. The summed E-state index contributed by atoms with van der Waals surface area (Å²) in [6, 6.07) is 1.91. The van der Waals surface area contributed by atoms with Gasteiger partial charge >= 0.3 is 5.69 Å². The van der Waals surface area contributed by atoms with Gasteiger partial charge < -0.3 is 5.32 Å². The standard InChI is InChI=1S/C10H14N6O2/c1-14-7-9(16(17)18)10(13-14)11-5-3-8-4-6-12-15(8)2/h4,6-7H,3,5H2,1-2H3,(H,11,13). The minimum atomic E-state index is -0.445. The first-order valence-electron chi connectivity index (χ1n) is 5.46. The lowest BCUT2D eigenvalue weighted by atomic mass is 10.3. The maximum atomic E-state index is 10.8. The normalized spacial score (nSPS) is 10.6. The number of nitrogens with zero attached hydrogens (tertiary/aromatic N) is 5. The molecule has 2 rings (SSSR count). The Morgan fingerprint density at radius 1 is 1.50 bits per heavy atom. The van der Waals surface area contributed by atoms with Gasteiger partial charge in [0.15, 0.2) is 0 Å². The van der Waals surface area contributed by atoms with Crippen molar-refractivity contribution in [2.45, 2.75) is 6.42 Å². The maximum Gasteiger partial charge on any atom is 0.330 e. The van der Waals surface area contributed by atoms with Crippen LogP contribution in [-0.4, -0.2) is 31.0 Å². The summed E-state index contributed by atoms with van der Waals surface area (Å²) in [5.74, 6) is 0.296. The Bertz CT molecular complexity index is 558. The van der Waals surface area contributed by atoms with Crippen molar-refractivity contribution in [1.29, 1.82) is 0 Å². The third-order valence-corrected chi connectivity index (χ3v) is 2.60. The molecule has 8 heteroatoms. The van der Waals surface area contributed by atoms with Crippen LogP contribution in [0.3, 0.4) is 0 Å². The summed E-state index contributed by atoms with van der Waals surface area (Å²) in [6.45, 7) is 0.567. The second kappa shape index (κ2) is 4.86. The molecule has 0 saturated heterocycles. The number of nitrogens with one attached hydrogen (secondary N) is 1. The van der Waals surface area contributed by atoms with Gasteiger partial charge in [-0.05, 0) is 6.07 Å². The van der Waals surface area contributed by atoms with Crippen LogP contribution in [0.25, 0.3) is 0 Å². The molecule has 0 amide bonds. The molecule has 0 atom stereocenters.